The van der Waals surface area contributed by atoms with Gasteiger partial charge in [0.05, 0.1) is 13.2 Å². The molecule has 4 nitrogen and oxygen atoms in total. The predicted octanol–water partition coefficient (Wildman–Crippen LogP) is 4.03. The SMILES string of the molecule is CCOC(=O)/C=C/c1cc(-c2ccc(O)cc2)ccc1OCC. The molecule has 0 aliphatic carbocycles. The fourth-order valence-electron chi connectivity index (χ4n) is 2.15. The number of phenolic OH excluding ortho intramolecular Hbond substituents is 1. The summed E-state index contributed by atoms with van der Waals surface area (Å²) in [6.45, 7) is 4.56. The maximum absolute atomic E-state index is 11.5. The first-order valence-electron chi connectivity index (χ1n) is 7.55. The monoisotopic (exact) mass is 312 g/mol. The molecule has 0 saturated heterocycles. The van der Waals surface area contributed by atoms with Crippen LogP contribution in [0.25, 0.3) is 17.2 Å². The molecule has 0 radical (unpaired) electrons. The zero-order valence-corrected chi connectivity index (χ0v) is 13.3. The van der Waals surface area contributed by atoms with Gasteiger partial charge in [0.25, 0.3) is 0 Å². The minimum Gasteiger partial charge on any atom is -0.508 e. The van der Waals surface area contributed by atoms with E-state index in [2.05, 4.69) is 0 Å². The average Bonchev–Trinajstić information content (AvgIpc) is 2.55. The van der Waals surface area contributed by atoms with Gasteiger partial charge in [-0.3, -0.25) is 0 Å². The Morgan fingerprint density at radius 3 is 2.39 bits per heavy atom. The van der Waals surface area contributed by atoms with Crippen LogP contribution in [0.2, 0.25) is 0 Å². The molecular formula is C19H20O4. The molecule has 0 aliphatic rings. The van der Waals surface area contributed by atoms with Crippen molar-refractivity contribution in [3.63, 3.8) is 0 Å². The minimum absolute atomic E-state index is 0.224. The highest BCUT2D eigenvalue weighted by Crippen LogP contribution is 2.28. The van der Waals surface area contributed by atoms with Gasteiger partial charge in [-0.25, -0.2) is 4.79 Å². The molecule has 0 saturated carbocycles. The van der Waals surface area contributed by atoms with Crippen LogP contribution in [0.1, 0.15) is 19.4 Å². The zero-order valence-electron chi connectivity index (χ0n) is 13.3. The van der Waals surface area contributed by atoms with E-state index >= 15 is 0 Å². The number of carbonyl (C=O) groups excluding carboxylic acids is 1. The number of rotatable bonds is 6. The lowest BCUT2D eigenvalue weighted by molar-refractivity contribution is -0.137. The van der Waals surface area contributed by atoms with E-state index < -0.39 is 0 Å². The number of ether oxygens (including phenoxy) is 2. The summed E-state index contributed by atoms with van der Waals surface area (Å²) in [5.74, 6) is 0.544. The average molecular weight is 312 g/mol. The number of hydrogen-bond donors (Lipinski definition) is 1. The van der Waals surface area contributed by atoms with E-state index in [9.17, 15) is 9.90 Å². The molecule has 1 N–H and O–H groups in total. The number of phenols is 1. The van der Waals surface area contributed by atoms with E-state index in [4.69, 9.17) is 9.47 Å². The zero-order chi connectivity index (χ0) is 16.7. The van der Waals surface area contributed by atoms with E-state index in [0.717, 1.165) is 16.7 Å². The van der Waals surface area contributed by atoms with Crippen molar-refractivity contribution in [1.82, 2.24) is 0 Å². The Bertz CT molecular complexity index is 687. The predicted molar refractivity (Wildman–Crippen MR) is 90.4 cm³/mol. The molecule has 0 aliphatic heterocycles. The minimum atomic E-state index is -0.384. The van der Waals surface area contributed by atoms with Crippen LogP contribution in [-0.2, 0) is 9.53 Å². The number of carbonyl (C=O) groups is 1. The number of benzene rings is 2. The summed E-state index contributed by atoms with van der Waals surface area (Å²) >= 11 is 0. The molecule has 0 atom stereocenters. The Labute approximate surface area is 136 Å². The van der Waals surface area contributed by atoms with Gasteiger partial charge in [-0.1, -0.05) is 18.2 Å². The Morgan fingerprint density at radius 2 is 1.74 bits per heavy atom. The molecule has 0 spiro atoms. The highest BCUT2D eigenvalue weighted by atomic mass is 16.5. The molecule has 2 aromatic rings. The van der Waals surface area contributed by atoms with Crippen molar-refractivity contribution >= 4 is 12.0 Å². The lowest BCUT2D eigenvalue weighted by atomic mass is 10.0. The smallest absolute Gasteiger partial charge is 0.330 e. The van der Waals surface area contributed by atoms with Crippen LogP contribution < -0.4 is 4.74 Å². The van der Waals surface area contributed by atoms with E-state index in [-0.39, 0.29) is 11.7 Å². The van der Waals surface area contributed by atoms with Crippen molar-refractivity contribution in [3.8, 4) is 22.6 Å². The molecule has 0 heterocycles. The first-order chi connectivity index (χ1) is 11.1. The highest BCUT2D eigenvalue weighted by molar-refractivity contribution is 5.88. The maximum Gasteiger partial charge on any atom is 0.330 e. The summed E-state index contributed by atoms with van der Waals surface area (Å²) in [7, 11) is 0. The first-order valence-corrected chi connectivity index (χ1v) is 7.55. The van der Waals surface area contributed by atoms with Crippen LogP contribution in [0.5, 0.6) is 11.5 Å². The lowest BCUT2D eigenvalue weighted by Crippen LogP contribution is -1.99. The largest absolute Gasteiger partial charge is 0.508 e. The van der Waals surface area contributed by atoms with Crippen molar-refractivity contribution in [3.05, 3.63) is 54.1 Å². The number of esters is 1. The Kier molecular flexibility index (Phi) is 5.80. The molecule has 0 aromatic heterocycles. The van der Waals surface area contributed by atoms with E-state index in [0.29, 0.717) is 19.0 Å². The Balaban J connectivity index is 2.34. The standard InChI is InChI=1S/C19H20O4/c1-3-22-18-11-7-15(14-5-9-17(20)10-6-14)13-16(18)8-12-19(21)23-4-2/h5-13,20H,3-4H2,1-2H3/b12-8+. The third-order valence-electron chi connectivity index (χ3n) is 3.20. The van der Waals surface area contributed by atoms with Crippen molar-refractivity contribution in [1.29, 1.82) is 0 Å². The molecule has 0 bridgehead atoms. The molecule has 2 aromatic carbocycles. The molecular weight excluding hydrogens is 292 g/mol. The van der Waals surface area contributed by atoms with Crippen molar-refractivity contribution in [2.45, 2.75) is 13.8 Å². The van der Waals surface area contributed by atoms with Crippen LogP contribution in [0.3, 0.4) is 0 Å². The van der Waals surface area contributed by atoms with E-state index in [1.807, 2.05) is 37.3 Å². The van der Waals surface area contributed by atoms with Gasteiger partial charge in [0.15, 0.2) is 0 Å². The Hall–Kier alpha value is -2.75. The van der Waals surface area contributed by atoms with Gasteiger partial charge in [-0.05, 0) is 55.3 Å². The second kappa shape index (κ2) is 8.03. The molecule has 0 amide bonds. The quantitative estimate of drug-likeness (QED) is 0.646. The second-order valence-corrected chi connectivity index (χ2v) is 4.82. The number of aromatic hydroxyl groups is 1. The summed E-state index contributed by atoms with van der Waals surface area (Å²) in [4.78, 5) is 11.5. The van der Waals surface area contributed by atoms with Gasteiger partial charge in [0.2, 0.25) is 0 Å². The molecule has 23 heavy (non-hydrogen) atoms. The fourth-order valence-corrected chi connectivity index (χ4v) is 2.15. The van der Waals surface area contributed by atoms with Crippen molar-refractivity contribution in [2.75, 3.05) is 13.2 Å². The van der Waals surface area contributed by atoms with E-state index in [1.165, 1.54) is 6.08 Å². The van der Waals surface area contributed by atoms with Gasteiger partial charge in [-0.2, -0.15) is 0 Å². The third-order valence-corrected chi connectivity index (χ3v) is 3.20. The van der Waals surface area contributed by atoms with Crippen LogP contribution >= 0.6 is 0 Å². The topological polar surface area (TPSA) is 55.8 Å². The van der Waals surface area contributed by atoms with Gasteiger partial charge in [0, 0.05) is 11.6 Å². The third kappa shape index (κ3) is 4.61. The molecule has 4 heteroatoms. The summed E-state index contributed by atoms with van der Waals surface area (Å²) in [6, 6.07) is 12.7. The maximum atomic E-state index is 11.5. The summed E-state index contributed by atoms with van der Waals surface area (Å²) in [6.07, 6.45) is 3.08. The molecule has 2 rings (SSSR count). The lowest BCUT2D eigenvalue weighted by Gasteiger charge is -2.10. The second-order valence-electron chi connectivity index (χ2n) is 4.82. The van der Waals surface area contributed by atoms with Crippen molar-refractivity contribution in [2.24, 2.45) is 0 Å². The molecule has 120 valence electrons. The molecule has 0 fully saturated rings. The van der Waals surface area contributed by atoms with Crippen LogP contribution in [0.15, 0.2) is 48.5 Å². The van der Waals surface area contributed by atoms with Crippen LogP contribution in [0, 0.1) is 0 Å². The fraction of sp³-hybridized carbons (Fsp3) is 0.211. The summed E-state index contributed by atoms with van der Waals surface area (Å²) in [5, 5.41) is 9.39. The molecule has 0 unspecified atom stereocenters. The Morgan fingerprint density at radius 1 is 1.04 bits per heavy atom. The van der Waals surface area contributed by atoms with Crippen LogP contribution in [0.4, 0.5) is 0 Å². The summed E-state index contributed by atoms with van der Waals surface area (Å²) < 4.78 is 10.5. The van der Waals surface area contributed by atoms with Crippen LogP contribution in [-0.4, -0.2) is 24.3 Å². The van der Waals surface area contributed by atoms with E-state index in [1.54, 1.807) is 25.1 Å². The summed E-state index contributed by atoms with van der Waals surface area (Å²) in [5.41, 5.74) is 2.74. The van der Waals surface area contributed by atoms with Gasteiger partial charge < -0.3 is 14.6 Å². The first kappa shape index (κ1) is 16.6. The van der Waals surface area contributed by atoms with Crippen molar-refractivity contribution < 1.29 is 19.4 Å². The van der Waals surface area contributed by atoms with Gasteiger partial charge in [0.1, 0.15) is 11.5 Å². The number of hydrogen-bond acceptors (Lipinski definition) is 4. The normalized spacial score (nSPS) is 10.7. The van der Waals surface area contributed by atoms with Gasteiger partial charge >= 0.3 is 5.97 Å². The highest BCUT2D eigenvalue weighted by Gasteiger charge is 2.06. The van der Waals surface area contributed by atoms with Gasteiger partial charge in [-0.15, -0.1) is 0 Å².